The summed E-state index contributed by atoms with van der Waals surface area (Å²) in [6.45, 7) is 3.28. The highest BCUT2D eigenvalue weighted by molar-refractivity contribution is 5.91. The van der Waals surface area contributed by atoms with E-state index in [1.807, 2.05) is 0 Å². The van der Waals surface area contributed by atoms with Gasteiger partial charge >= 0.3 is 5.97 Å². The Morgan fingerprint density at radius 3 is 2.85 bits per heavy atom. The van der Waals surface area contributed by atoms with Crippen LogP contribution < -0.4 is 0 Å². The third-order valence-corrected chi connectivity index (χ3v) is 1.52. The van der Waals surface area contributed by atoms with Gasteiger partial charge in [0.2, 0.25) is 0 Å². The number of terminal acetylenes is 1. The van der Waals surface area contributed by atoms with Crippen LogP contribution in [0.4, 0.5) is 0 Å². The molecule has 1 aromatic rings. The minimum absolute atomic E-state index is 0.0388. The average Bonchev–Trinajstić information content (AvgIpc) is 2.42. The Hall–Kier alpha value is -1.76. The fourth-order valence-corrected chi connectivity index (χ4v) is 0.954. The number of nitrogens with zero attached hydrogens (tertiary/aromatic N) is 1. The molecule has 0 atom stereocenters. The van der Waals surface area contributed by atoms with Crippen LogP contribution in [0.1, 0.15) is 21.8 Å². The van der Waals surface area contributed by atoms with Crippen LogP contribution in [0.25, 0.3) is 0 Å². The van der Waals surface area contributed by atoms with E-state index in [-0.39, 0.29) is 6.61 Å². The highest BCUT2D eigenvalue weighted by atomic mass is 16.5. The topological polar surface area (TPSA) is 52.3 Å². The summed E-state index contributed by atoms with van der Waals surface area (Å²) < 4.78 is 9.52. The van der Waals surface area contributed by atoms with Crippen molar-refractivity contribution in [1.82, 2.24) is 5.16 Å². The van der Waals surface area contributed by atoms with E-state index in [1.165, 1.54) is 0 Å². The molecule has 13 heavy (non-hydrogen) atoms. The van der Waals surface area contributed by atoms with E-state index in [2.05, 4.69) is 11.1 Å². The first-order valence-corrected chi connectivity index (χ1v) is 3.70. The van der Waals surface area contributed by atoms with E-state index < -0.39 is 5.97 Å². The largest absolute Gasteiger partial charge is 0.449 e. The number of carbonyl (C=O) groups excluding carboxylic acids is 1. The van der Waals surface area contributed by atoms with Gasteiger partial charge in [-0.05, 0) is 13.8 Å². The lowest BCUT2D eigenvalue weighted by molar-refractivity contribution is 0.0554. The Labute approximate surface area is 75.9 Å². The van der Waals surface area contributed by atoms with Crippen molar-refractivity contribution in [1.29, 1.82) is 0 Å². The summed E-state index contributed by atoms with van der Waals surface area (Å²) in [6, 6.07) is 0. The number of hydrogen-bond acceptors (Lipinski definition) is 4. The zero-order valence-corrected chi connectivity index (χ0v) is 7.46. The molecule has 0 radical (unpaired) electrons. The van der Waals surface area contributed by atoms with Crippen LogP contribution in [0.15, 0.2) is 4.52 Å². The molecule has 0 aromatic carbocycles. The van der Waals surface area contributed by atoms with E-state index in [9.17, 15) is 4.79 Å². The van der Waals surface area contributed by atoms with Crippen LogP contribution in [0.5, 0.6) is 0 Å². The second-order valence-corrected chi connectivity index (χ2v) is 2.48. The summed E-state index contributed by atoms with van der Waals surface area (Å²) in [4.78, 5) is 11.3. The molecule has 1 aromatic heterocycles. The Bertz CT molecular complexity index is 340. The van der Waals surface area contributed by atoms with Gasteiger partial charge in [-0.15, -0.1) is 6.42 Å². The molecule has 0 bridgehead atoms. The van der Waals surface area contributed by atoms with Gasteiger partial charge in [0, 0.05) is 0 Å². The quantitative estimate of drug-likeness (QED) is 0.503. The summed E-state index contributed by atoms with van der Waals surface area (Å²) in [5.74, 6) is 2.16. The normalized spacial score (nSPS) is 9.31. The molecule has 68 valence electrons. The van der Waals surface area contributed by atoms with Crippen molar-refractivity contribution < 1.29 is 14.1 Å². The van der Waals surface area contributed by atoms with Crippen molar-refractivity contribution in [3.63, 3.8) is 0 Å². The maximum absolute atomic E-state index is 11.3. The molecule has 0 fully saturated rings. The first-order chi connectivity index (χ1) is 6.16. The minimum Gasteiger partial charge on any atom is -0.449 e. The highest BCUT2D eigenvalue weighted by Gasteiger charge is 2.18. The monoisotopic (exact) mass is 179 g/mol. The van der Waals surface area contributed by atoms with Gasteiger partial charge in [-0.3, -0.25) is 0 Å². The zero-order chi connectivity index (χ0) is 9.84. The third kappa shape index (κ3) is 1.88. The lowest BCUT2D eigenvalue weighted by Gasteiger charge is -1.98. The maximum Gasteiger partial charge on any atom is 0.344 e. The number of rotatable bonds is 2. The molecule has 0 aliphatic heterocycles. The Balaban J connectivity index is 2.83. The fraction of sp³-hybridized carbons (Fsp3) is 0.333. The summed E-state index contributed by atoms with van der Waals surface area (Å²) in [6.07, 6.45) is 4.94. The van der Waals surface area contributed by atoms with Crippen molar-refractivity contribution in [2.24, 2.45) is 0 Å². The number of aromatic nitrogens is 1. The summed E-state index contributed by atoms with van der Waals surface area (Å²) >= 11 is 0. The summed E-state index contributed by atoms with van der Waals surface area (Å²) in [5.41, 5.74) is 0.870. The van der Waals surface area contributed by atoms with E-state index >= 15 is 0 Å². The van der Waals surface area contributed by atoms with Crippen LogP contribution in [-0.2, 0) is 4.74 Å². The van der Waals surface area contributed by atoms with E-state index in [0.29, 0.717) is 17.0 Å². The molecule has 0 amide bonds. The van der Waals surface area contributed by atoms with Crippen LogP contribution in [-0.4, -0.2) is 17.7 Å². The van der Waals surface area contributed by atoms with Crippen molar-refractivity contribution in [2.45, 2.75) is 13.8 Å². The predicted octanol–water partition coefficient (Wildman–Crippen LogP) is 1.08. The first-order valence-electron chi connectivity index (χ1n) is 3.70. The molecule has 4 heteroatoms. The molecule has 0 aliphatic rings. The van der Waals surface area contributed by atoms with Gasteiger partial charge in [-0.2, -0.15) is 0 Å². The number of hydrogen-bond donors (Lipinski definition) is 0. The molecule has 0 N–H and O–H groups in total. The SMILES string of the molecule is C#CCOC(=O)c1c(C)noc1C. The number of esters is 1. The molecule has 0 aliphatic carbocycles. The van der Waals surface area contributed by atoms with E-state index in [1.54, 1.807) is 13.8 Å². The molecule has 4 nitrogen and oxygen atoms in total. The minimum atomic E-state index is -0.491. The van der Waals surface area contributed by atoms with E-state index in [0.717, 1.165) is 0 Å². The number of aryl methyl sites for hydroxylation is 2. The standard InChI is InChI=1S/C9H9NO3/c1-4-5-12-9(11)8-6(2)10-13-7(8)3/h1H,5H2,2-3H3. The highest BCUT2D eigenvalue weighted by Crippen LogP contribution is 2.12. The molecule has 0 saturated carbocycles. The van der Waals surface area contributed by atoms with Gasteiger partial charge in [0.1, 0.15) is 11.3 Å². The second kappa shape index (κ2) is 3.76. The van der Waals surface area contributed by atoms with Gasteiger partial charge < -0.3 is 9.26 Å². The lowest BCUT2D eigenvalue weighted by atomic mass is 10.2. The van der Waals surface area contributed by atoms with Crippen molar-refractivity contribution in [3.8, 4) is 12.3 Å². The Kier molecular flexibility index (Phi) is 2.70. The van der Waals surface area contributed by atoms with Crippen LogP contribution in [0, 0.1) is 26.2 Å². The van der Waals surface area contributed by atoms with Gasteiger partial charge in [0.15, 0.2) is 6.61 Å². The Morgan fingerprint density at radius 1 is 1.69 bits per heavy atom. The second-order valence-electron chi connectivity index (χ2n) is 2.48. The Morgan fingerprint density at radius 2 is 2.38 bits per heavy atom. The smallest absolute Gasteiger partial charge is 0.344 e. The van der Waals surface area contributed by atoms with Gasteiger partial charge in [0.25, 0.3) is 0 Å². The first kappa shape index (κ1) is 9.33. The van der Waals surface area contributed by atoms with Crippen LogP contribution in [0.3, 0.4) is 0 Å². The van der Waals surface area contributed by atoms with Crippen LogP contribution in [0.2, 0.25) is 0 Å². The molecule has 0 unspecified atom stereocenters. The summed E-state index contributed by atoms with van der Waals surface area (Å²) in [5, 5.41) is 3.62. The molecule has 1 heterocycles. The van der Waals surface area contributed by atoms with Crippen molar-refractivity contribution >= 4 is 5.97 Å². The molecular weight excluding hydrogens is 170 g/mol. The van der Waals surface area contributed by atoms with Crippen molar-refractivity contribution in [2.75, 3.05) is 6.61 Å². The molecular formula is C9H9NO3. The molecule has 1 rings (SSSR count). The van der Waals surface area contributed by atoms with Gasteiger partial charge in [-0.25, -0.2) is 4.79 Å². The van der Waals surface area contributed by atoms with Gasteiger partial charge in [-0.1, -0.05) is 11.1 Å². The molecule has 0 spiro atoms. The van der Waals surface area contributed by atoms with Crippen LogP contribution >= 0.6 is 0 Å². The van der Waals surface area contributed by atoms with E-state index in [4.69, 9.17) is 15.7 Å². The number of carbonyl (C=O) groups is 1. The number of ether oxygens (including phenoxy) is 1. The van der Waals surface area contributed by atoms with Gasteiger partial charge in [0.05, 0.1) is 5.69 Å². The summed E-state index contributed by atoms with van der Waals surface area (Å²) in [7, 11) is 0. The third-order valence-electron chi connectivity index (χ3n) is 1.52. The average molecular weight is 179 g/mol. The molecule has 0 saturated heterocycles. The van der Waals surface area contributed by atoms with Crippen molar-refractivity contribution in [3.05, 3.63) is 17.0 Å². The fourth-order valence-electron chi connectivity index (χ4n) is 0.954. The lowest BCUT2D eigenvalue weighted by Crippen LogP contribution is -2.07. The maximum atomic E-state index is 11.3. The predicted molar refractivity (Wildman–Crippen MR) is 45.1 cm³/mol. The zero-order valence-electron chi connectivity index (χ0n) is 7.46.